The van der Waals surface area contributed by atoms with Crippen LogP contribution in [-0.2, 0) is 4.79 Å². The monoisotopic (exact) mass is 402 g/mol. The van der Waals surface area contributed by atoms with E-state index < -0.39 is 0 Å². The molecule has 1 atom stereocenters. The lowest BCUT2D eigenvalue weighted by molar-refractivity contribution is -0.123. The van der Waals surface area contributed by atoms with E-state index in [1.807, 2.05) is 78.9 Å². The normalized spacial score (nSPS) is 11.8. The molecular formula is C25H26N2O3. The average molecular weight is 402 g/mol. The van der Waals surface area contributed by atoms with Crippen molar-refractivity contribution in [1.82, 2.24) is 5.43 Å². The lowest BCUT2D eigenvalue weighted by Crippen LogP contribution is -2.24. The summed E-state index contributed by atoms with van der Waals surface area (Å²) in [6.07, 6.45) is 2.58. The van der Waals surface area contributed by atoms with E-state index in [0.29, 0.717) is 11.7 Å². The smallest absolute Gasteiger partial charge is 0.277 e. The van der Waals surface area contributed by atoms with E-state index in [-0.39, 0.29) is 12.5 Å². The van der Waals surface area contributed by atoms with Gasteiger partial charge in [-0.2, -0.15) is 5.10 Å². The molecule has 30 heavy (non-hydrogen) atoms. The molecule has 1 N–H and O–H groups in total. The summed E-state index contributed by atoms with van der Waals surface area (Å²) in [5.41, 5.74) is 4.41. The van der Waals surface area contributed by atoms with E-state index in [2.05, 4.69) is 24.4 Å². The van der Waals surface area contributed by atoms with Gasteiger partial charge in [0.25, 0.3) is 5.91 Å². The van der Waals surface area contributed by atoms with Crippen molar-refractivity contribution in [2.24, 2.45) is 5.10 Å². The zero-order chi connectivity index (χ0) is 21.2. The second kappa shape index (κ2) is 10.8. The van der Waals surface area contributed by atoms with Crippen LogP contribution in [0.15, 0.2) is 84.0 Å². The first kappa shape index (κ1) is 21.1. The SMILES string of the molecule is CCC(C)c1ccccc1OCC(=O)NN=Cc1cccc(Oc2ccccc2)c1. The van der Waals surface area contributed by atoms with Gasteiger partial charge in [-0.1, -0.05) is 62.4 Å². The third-order valence-electron chi connectivity index (χ3n) is 4.66. The van der Waals surface area contributed by atoms with Gasteiger partial charge < -0.3 is 9.47 Å². The quantitative estimate of drug-likeness (QED) is 0.379. The van der Waals surface area contributed by atoms with Gasteiger partial charge in [0.1, 0.15) is 17.2 Å². The minimum absolute atomic E-state index is 0.0953. The summed E-state index contributed by atoms with van der Waals surface area (Å²) in [4.78, 5) is 12.1. The largest absolute Gasteiger partial charge is 0.483 e. The van der Waals surface area contributed by atoms with Crippen molar-refractivity contribution in [3.8, 4) is 17.2 Å². The number of hydrazone groups is 1. The van der Waals surface area contributed by atoms with Crippen molar-refractivity contribution in [3.05, 3.63) is 90.0 Å². The molecule has 0 aliphatic heterocycles. The lowest BCUT2D eigenvalue weighted by Gasteiger charge is -2.15. The van der Waals surface area contributed by atoms with Crippen LogP contribution in [0.2, 0.25) is 0 Å². The van der Waals surface area contributed by atoms with Crippen LogP contribution in [0.5, 0.6) is 17.2 Å². The van der Waals surface area contributed by atoms with E-state index in [9.17, 15) is 4.79 Å². The number of carbonyl (C=O) groups is 1. The summed E-state index contributed by atoms with van der Waals surface area (Å²) in [6, 6.07) is 24.8. The molecule has 3 aromatic carbocycles. The van der Waals surface area contributed by atoms with Gasteiger partial charge in [-0.15, -0.1) is 0 Å². The Morgan fingerprint density at radius 3 is 2.53 bits per heavy atom. The summed E-state index contributed by atoms with van der Waals surface area (Å²) < 4.78 is 11.5. The average Bonchev–Trinajstić information content (AvgIpc) is 2.78. The molecule has 0 saturated carbocycles. The highest BCUT2D eigenvalue weighted by Crippen LogP contribution is 2.28. The Labute approximate surface area is 177 Å². The molecule has 0 heterocycles. The molecule has 3 rings (SSSR count). The molecule has 154 valence electrons. The maximum atomic E-state index is 12.1. The third kappa shape index (κ3) is 6.21. The molecule has 0 spiro atoms. The molecule has 1 unspecified atom stereocenters. The zero-order valence-corrected chi connectivity index (χ0v) is 17.2. The molecule has 0 aromatic heterocycles. The molecule has 0 aliphatic carbocycles. The number of carbonyl (C=O) groups excluding carboxylic acids is 1. The number of hydrogen-bond donors (Lipinski definition) is 1. The summed E-state index contributed by atoms with van der Waals surface area (Å²) in [5.74, 6) is 2.24. The number of nitrogens with one attached hydrogen (secondary N) is 1. The van der Waals surface area contributed by atoms with Crippen LogP contribution in [0.3, 0.4) is 0 Å². The van der Waals surface area contributed by atoms with E-state index in [1.165, 1.54) is 0 Å². The molecular weight excluding hydrogens is 376 g/mol. The number of para-hydroxylation sites is 2. The molecule has 0 radical (unpaired) electrons. The minimum atomic E-state index is -0.318. The van der Waals surface area contributed by atoms with Crippen LogP contribution in [0.4, 0.5) is 0 Å². The maximum Gasteiger partial charge on any atom is 0.277 e. The second-order valence-corrected chi connectivity index (χ2v) is 6.92. The van der Waals surface area contributed by atoms with Crippen LogP contribution >= 0.6 is 0 Å². The summed E-state index contributed by atoms with van der Waals surface area (Å²) >= 11 is 0. The highest BCUT2D eigenvalue weighted by Gasteiger charge is 2.10. The maximum absolute atomic E-state index is 12.1. The number of nitrogens with zero attached hydrogens (tertiary/aromatic N) is 1. The fourth-order valence-corrected chi connectivity index (χ4v) is 2.88. The van der Waals surface area contributed by atoms with Gasteiger partial charge in [0.2, 0.25) is 0 Å². The van der Waals surface area contributed by atoms with Gasteiger partial charge in [0.15, 0.2) is 6.61 Å². The second-order valence-electron chi connectivity index (χ2n) is 6.92. The third-order valence-corrected chi connectivity index (χ3v) is 4.66. The standard InChI is InChI=1S/C25H26N2O3/c1-3-19(2)23-14-7-8-15-24(23)29-18-25(28)27-26-17-20-10-9-13-22(16-20)30-21-11-5-4-6-12-21/h4-17,19H,3,18H2,1-2H3,(H,27,28). The highest BCUT2D eigenvalue weighted by molar-refractivity contribution is 5.83. The van der Waals surface area contributed by atoms with E-state index in [4.69, 9.17) is 9.47 Å². The fraction of sp³-hybridized carbons (Fsp3) is 0.200. The van der Waals surface area contributed by atoms with Crippen molar-refractivity contribution < 1.29 is 14.3 Å². The molecule has 1 amide bonds. The van der Waals surface area contributed by atoms with Gasteiger partial charge in [-0.25, -0.2) is 5.43 Å². The van der Waals surface area contributed by atoms with Gasteiger partial charge >= 0.3 is 0 Å². The zero-order valence-electron chi connectivity index (χ0n) is 17.2. The molecule has 5 nitrogen and oxygen atoms in total. The first-order valence-corrected chi connectivity index (χ1v) is 10.0. The van der Waals surface area contributed by atoms with E-state index in [1.54, 1.807) is 6.21 Å². The van der Waals surface area contributed by atoms with Crippen LogP contribution in [0.25, 0.3) is 0 Å². The fourth-order valence-electron chi connectivity index (χ4n) is 2.88. The number of amides is 1. The number of rotatable bonds is 9. The van der Waals surface area contributed by atoms with Gasteiger partial charge in [-0.05, 0) is 53.8 Å². The van der Waals surface area contributed by atoms with Crippen LogP contribution in [0.1, 0.15) is 37.3 Å². The van der Waals surface area contributed by atoms with Crippen molar-refractivity contribution >= 4 is 12.1 Å². The van der Waals surface area contributed by atoms with Gasteiger partial charge in [0.05, 0.1) is 6.21 Å². The molecule has 5 heteroatoms. The Hall–Kier alpha value is -3.60. The summed E-state index contributed by atoms with van der Waals surface area (Å²) in [5, 5.41) is 4.02. The van der Waals surface area contributed by atoms with Crippen LogP contribution < -0.4 is 14.9 Å². The molecule has 0 fully saturated rings. The van der Waals surface area contributed by atoms with Crippen molar-refractivity contribution in [1.29, 1.82) is 0 Å². The van der Waals surface area contributed by atoms with Crippen molar-refractivity contribution in [2.45, 2.75) is 26.2 Å². The topological polar surface area (TPSA) is 59.9 Å². The first-order valence-electron chi connectivity index (χ1n) is 10.0. The summed E-state index contributed by atoms with van der Waals surface area (Å²) in [7, 11) is 0. The van der Waals surface area contributed by atoms with Crippen LogP contribution in [0, 0.1) is 0 Å². The minimum Gasteiger partial charge on any atom is -0.483 e. The Morgan fingerprint density at radius 1 is 1.00 bits per heavy atom. The summed E-state index contributed by atoms with van der Waals surface area (Å²) in [6.45, 7) is 4.17. The van der Waals surface area contributed by atoms with Crippen molar-refractivity contribution in [3.63, 3.8) is 0 Å². The molecule has 3 aromatic rings. The highest BCUT2D eigenvalue weighted by atomic mass is 16.5. The predicted octanol–water partition coefficient (Wildman–Crippen LogP) is 5.52. The van der Waals surface area contributed by atoms with Gasteiger partial charge in [-0.3, -0.25) is 4.79 Å². The van der Waals surface area contributed by atoms with Crippen molar-refractivity contribution in [2.75, 3.05) is 6.61 Å². The Bertz CT molecular complexity index is 986. The number of benzene rings is 3. The first-order chi connectivity index (χ1) is 14.7. The Morgan fingerprint density at radius 2 is 1.73 bits per heavy atom. The molecule has 0 saturated heterocycles. The Balaban J connectivity index is 1.52. The number of ether oxygens (including phenoxy) is 2. The predicted molar refractivity (Wildman–Crippen MR) is 119 cm³/mol. The van der Waals surface area contributed by atoms with Gasteiger partial charge in [0, 0.05) is 0 Å². The molecule has 0 aliphatic rings. The van der Waals surface area contributed by atoms with Crippen LogP contribution in [-0.4, -0.2) is 18.7 Å². The molecule has 0 bridgehead atoms. The lowest BCUT2D eigenvalue weighted by atomic mass is 9.98. The van der Waals surface area contributed by atoms with E-state index >= 15 is 0 Å². The number of hydrogen-bond acceptors (Lipinski definition) is 4. The van der Waals surface area contributed by atoms with E-state index in [0.717, 1.165) is 29.0 Å². The Kier molecular flexibility index (Phi) is 7.61.